The van der Waals surface area contributed by atoms with Crippen molar-refractivity contribution >= 4 is 38.2 Å². The molecule has 0 atom stereocenters. The van der Waals surface area contributed by atoms with Crippen molar-refractivity contribution in [2.24, 2.45) is 0 Å². The Kier molecular flexibility index (Phi) is 7.00. The third kappa shape index (κ3) is 4.69. The average Bonchev–Trinajstić information content (AvgIpc) is 3.37. The molecule has 200 valence electrons. The smallest absolute Gasteiger partial charge is 0.253 e. The van der Waals surface area contributed by atoms with Crippen LogP contribution in [-0.4, -0.2) is 81.9 Å². The van der Waals surface area contributed by atoms with Gasteiger partial charge in [-0.25, -0.2) is 8.42 Å². The van der Waals surface area contributed by atoms with Gasteiger partial charge in [0.2, 0.25) is 15.7 Å². The van der Waals surface area contributed by atoms with Crippen LogP contribution in [0, 0.1) is 0 Å². The Bertz CT molecular complexity index is 1480. The predicted molar refractivity (Wildman–Crippen MR) is 144 cm³/mol. The molecule has 3 aromatic rings. The van der Waals surface area contributed by atoms with Crippen molar-refractivity contribution in [1.82, 2.24) is 14.8 Å². The van der Waals surface area contributed by atoms with Gasteiger partial charge in [0.15, 0.2) is 0 Å². The quantitative estimate of drug-likeness (QED) is 0.476. The van der Waals surface area contributed by atoms with Gasteiger partial charge < -0.3 is 19.4 Å². The third-order valence-electron chi connectivity index (χ3n) is 7.45. The molecule has 2 fully saturated rings. The van der Waals surface area contributed by atoms with Gasteiger partial charge in [-0.1, -0.05) is 0 Å². The molecule has 0 radical (unpaired) electrons. The number of methoxy groups -OCH3 is 1. The van der Waals surface area contributed by atoms with Crippen LogP contribution in [0.2, 0.25) is 0 Å². The van der Waals surface area contributed by atoms with Gasteiger partial charge in [-0.2, -0.15) is 0 Å². The Hall–Kier alpha value is -3.66. The molecule has 5 rings (SSSR count). The number of anilines is 1. The fourth-order valence-corrected chi connectivity index (χ4v) is 6.85. The van der Waals surface area contributed by atoms with Crippen LogP contribution in [-0.2, 0) is 14.6 Å². The normalized spacial score (nSPS) is 16.8. The number of fused-ring (bicyclic) bond motifs is 1. The molecule has 0 unspecified atom stereocenters. The van der Waals surface area contributed by atoms with E-state index in [0.717, 1.165) is 25.8 Å². The number of ether oxygens (including phenoxy) is 1. The van der Waals surface area contributed by atoms with Gasteiger partial charge in [0.1, 0.15) is 10.6 Å². The molecule has 2 amide bonds. The number of piperidine rings is 1. The van der Waals surface area contributed by atoms with E-state index in [1.54, 1.807) is 44.4 Å². The monoisotopic (exact) mass is 536 g/mol. The topological polar surface area (TPSA) is 100 Å². The zero-order valence-electron chi connectivity index (χ0n) is 21.9. The lowest BCUT2D eigenvalue weighted by Crippen LogP contribution is -2.45. The molecule has 2 aliphatic heterocycles. The van der Waals surface area contributed by atoms with Crippen LogP contribution in [0.25, 0.3) is 10.9 Å². The second kappa shape index (κ2) is 10.2. The van der Waals surface area contributed by atoms with Crippen molar-refractivity contribution < 1.29 is 22.7 Å². The summed E-state index contributed by atoms with van der Waals surface area (Å²) in [6.45, 7) is 1.96. The van der Waals surface area contributed by atoms with Crippen molar-refractivity contribution in [3.05, 3.63) is 54.2 Å². The van der Waals surface area contributed by atoms with E-state index in [9.17, 15) is 18.0 Å². The maximum Gasteiger partial charge on any atom is 0.253 e. The molecular weight excluding hydrogens is 504 g/mol. The van der Waals surface area contributed by atoms with E-state index < -0.39 is 9.84 Å². The highest BCUT2D eigenvalue weighted by molar-refractivity contribution is 7.91. The number of carbonyl (C=O) groups excluding carboxylic acids is 2. The largest absolute Gasteiger partial charge is 0.497 e. The van der Waals surface area contributed by atoms with E-state index in [1.165, 1.54) is 30.3 Å². The van der Waals surface area contributed by atoms with Gasteiger partial charge >= 0.3 is 0 Å². The van der Waals surface area contributed by atoms with E-state index in [1.807, 2.05) is 4.90 Å². The first kappa shape index (κ1) is 26.0. The van der Waals surface area contributed by atoms with E-state index >= 15 is 0 Å². The van der Waals surface area contributed by atoms with Crippen LogP contribution in [0.4, 0.5) is 5.69 Å². The predicted octanol–water partition coefficient (Wildman–Crippen LogP) is 3.37. The summed E-state index contributed by atoms with van der Waals surface area (Å²) in [5, 5.41) is 0.614. The van der Waals surface area contributed by atoms with Gasteiger partial charge in [-0.15, -0.1) is 0 Å². The van der Waals surface area contributed by atoms with Crippen molar-refractivity contribution in [3.63, 3.8) is 0 Å². The number of amides is 2. The van der Waals surface area contributed by atoms with E-state index in [2.05, 4.69) is 9.88 Å². The van der Waals surface area contributed by atoms with Crippen molar-refractivity contribution in [2.75, 3.05) is 45.7 Å². The highest BCUT2D eigenvalue weighted by atomic mass is 32.2. The summed E-state index contributed by atoms with van der Waals surface area (Å²) in [4.78, 5) is 35.4. The van der Waals surface area contributed by atoms with Crippen molar-refractivity contribution in [3.8, 4) is 5.75 Å². The second-order valence-electron chi connectivity index (χ2n) is 9.99. The summed E-state index contributed by atoms with van der Waals surface area (Å²) in [5.41, 5.74) is 1.62. The molecule has 0 saturated carbocycles. The summed E-state index contributed by atoms with van der Waals surface area (Å²) in [6, 6.07) is 11.7. The maximum absolute atomic E-state index is 13.9. The lowest BCUT2D eigenvalue weighted by molar-refractivity contribution is -0.130. The zero-order valence-corrected chi connectivity index (χ0v) is 22.7. The first-order valence-corrected chi connectivity index (χ1v) is 14.3. The maximum atomic E-state index is 13.9. The molecule has 9 nitrogen and oxygen atoms in total. The van der Waals surface area contributed by atoms with Gasteiger partial charge in [-0.3, -0.25) is 14.6 Å². The highest BCUT2D eigenvalue weighted by Crippen LogP contribution is 2.38. The molecule has 0 bridgehead atoms. The number of nitrogens with zero attached hydrogens (tertiary/aromatic N) is 4. The minimum Gasteiger partial charge on any atom is -0.497 e. The minimum atomic E-state index is -3.94. The van der Waals surface area contributed by atoms with Crippen LogP contribution in [0.5, 0.6) is 5.75 Å². The number of pyridine rings is 1. The van der Waals surface area contributed by atoms with Crippen LogP contribution >= 0.6 is 0 Å². The third-order valence-corrected chi connectivity index (χ3v) is 9.22. The Balaban J connectivity index is 1.61. The molecule has 2 aromatic carbocycles. The number of carbonyl (C=O) groups is 2. The summed E-state index contributed by atoms with van der Waals surface area (Å²) in [5.74, 6) is 0.589. The lowest BCUT2D eigenvalue weighted by Gasteiger charge is -2.38. The van der Waals surface area contributed by atoms with Crippen LogP contribution in [0.15, 0.2) is 58.5 Å². The van der Waals surface area contributed by atoms with Crippen LogP contribution in [0.1, 0.15) is 36.0 Å². The second-order valence-corrected chi connectivity index (χ2v) is 11.9. The number of benzene rings is 2. The van der Waals surface area contributed by atoms with E-state index in [0.29, 0.717) is 47.4 Å². The molecule has 38 heavy (non-hydrogen) atoms. The van der Waals surface area contributed by atoms with Crippen molar-refractivity contribution in [2.45, 2.75) is 41.5 Å². The fourth-order valence-electron chi connectivity index (χ4n) is 5.41. The molecule has 2 aliphatic rings. The van der Waals surface area contributed by atoms with Gasteiger partial charge in [0, 0.05) is 63.3 Å². The Labute approximate surface area is 222 Å². The number of hydrogen-bond donors (Lipinski definition) is 0. The fraction of sp³-hybridized carbons (Fsp3) is 0.393. The molecule has 0 N–H and O–H groups in total. The molecular formula is C28H32N4O5S. The molecule has 10 heteroatoms. The summed E-state index contributed by atoms with van der Waals surface area (Å²) < 4.78 is 33.1. The Morgan fingerprint density at radius 1 is 1.05 bits per heavy atom. The molecule has 3 heterocycles. The van der Waals surface area contributed by atoms with E-state index in [4.69, 9.17) is 4.74 Å². The van der Waals surface area contributed by atoms with Gasteiger partial charge in [0.25, 0.3) is 5.91 Å². The highest BCUT2D eigenvalue weighted by Gasteiger charge is 2.34. The SMILES string of the molecule is COc1ccc(S(=O)(=O)c2cnc3ccc(C(=O)N(C)C)cc3c2N2CCC(N3CCCC3=O)CC2)cc1. The first-order chi connectivity index (χ1) is 18.2. The van der Waals surface area contributed by atoms with Crippen LogP contribution < -0.4 is 9.64 Å². The number of sulfone groups is 1. The van der Waals surface area contributed by atoms with Gasteiger partial charge in [0.05, 0.1) is 23.2 Å². The lowest BCUT2D eigenvalue weighted by atomic mass is 10.0. The zero-order chi connectivity index (χ0) is 27.0. The standard InChI is InChI=1S/C28H32N4O5S/c1-30(2)28(34)19-6-11-24-23(17-19)27(31-15-12-20(13-16-31)32-14-4-5-26(32)33)25(18-29-24)38(35,36)22-9-7-21(37-3)8-10-22/h6-11,17-18,20H,4-5,12-16H2,1-3H3. The Morgan fingerprint density at radius 3 is 2.37 bits per heavy atom. The van der Waals surface area contributed by atoms with E-state index in [-0.39, 0.29) is 27.6 Å². The van der Waals surface area contributed by atoms with Crippen LogP contribution in [0.3, 0.4) is 0 Å². The molecule has 2 saturated heterocycles. The molecule has 0 spiro atoms. The Morgan fingerprint density at radius 2 is 1.76 bits per heavy atom. The number of aromatic nitrogens is 1. The summed E-state index contributed by atoms with van der Waals surface area (Å²) >= 11 is 0. The summed E-state index contributed by atoms with van der Waals surface area (Å²) in [6.07, 6.45) is 4.39. The number of hydrogen-bond acceptors (Lipinski definition) is 7. The first-order valence-electron chi connectivity index (χ1n) is 12.8. The number of rotatable bonds is 6. The molecule has 0 aliphatic carbocycles. The molecule has 1 aromatic heterocycles. The number of likely N-dealkylation sites (tertiary alicyclic amines) is 1. The van der Waals surface area contributed by atoms with Crippen molar-refractivity contribution in [1.29, 1.82) is 0 Å². The van der Waals surface area contributed by atoms with Gasteiger partial charge in [-0.05, 0) is 61.7 Å². The average molecular weight is 537 g/mol. The minimum absolute atomic E-state index is 0.0975. The summed E-state index contributed by atoms with van der Waals surface area (Å²) in [7, 11) is 0.949.